The molecule has 190 valence electrons. The topological polar surface area (TPSA) is 80.3 Å². The number of hydrogen-bond donors (Lipinski definition) is 2. The van der Waals surface area contributed by atoms with Gasteiger partial charge in [-0.1, -0.05) is 83.3 Å². The highest BCUT2D eigenvalue weighted by Gasteiger charge is 2.33. The summed E-state index contributed by atoms with van der Waals surface area (Å²) in [5.41, 5.74) is 3.64. The van der Waals surface area contributed by atoms with Crippen molar-refractivity contribution < 1.29 is 24.1 Å². The number of hydrogen-bond acceptors (Lipinski definition) is 6. The van der Waals surface area contributed by atoms with Crippen LogP contribution in [-0.2, 0) is 32.2 Å². The number of halogens is 3. The van der Waals surface area contributed by atoms with Gasteiger partial charge in [-0.3, -0.25) is 9.69 Å². The Morgan fingerprint density at radius 1 is 0.971 bits per heavy atom. The fourth-order valence-corrected chi connectivity index (χ4v) is 4.38. The van der Waals surface area contributed by atoms with Gasteiger partial charge in [0.25, 0.3) is 9.70 Å². The molecule has 0 saturated carbocycles. The van der Waals surface area contributed by atoms with E-state index in [4.69, 9.17) is 49.0 Å². The lowest BCUT2D eigenvalue weighted by molar-refractivity contribution is -0.253. The highest BCUT2D eigenvalue weighted by molar-refractivity contribution is 6.76. The number of alkyl halides is 3. The standard InChI is InChI=1S/C25H29Cl3N2O5/c26-25(27,28)24(32)29-14-17-1-7-20(8-2-17)23-34-21(15-30-9-11-33-12-10-30)13-22(35-23)19-5-3-18(16-31)4-6-19/h1-8,21-23,31H,9-16H2,(H,29,32). The third-order valence-electron chi connectivity index (χ3n) is 6.14. The summed E-state index contributed by atoms with van der Waals surface area (Å²) in [6, 6.07) is 15.5. The van der Waals surface area contributed by atoms with E-state index in [-0.39, 0.29) is 25.4 Å². The number of aliphatic hydroxyl groups excluding tert-OH is 1. The van der Waals surface area contributed by atoms with Crippen molar-refractivity contribution in [3.05, 3.63) is 70.8 Å². The number of carbonyl (C=O) groups excluding carboxylic acids is 1. The SMILES string of the molecule is O=C(NCc1ccc(C2OC(CN3CCOCC3)CC(c3ccc(CO)cc3)O2)cc1)C(Cl)(Cl)Cl. The number of amides is 1. The normalized spacial score (nSPS) is 23.7. The molecule has 2 aliphatic rings. The van der Waals surface area contributed by atoms with Crippen molar-refractivity contribution in [1.82, 2.24) is 10.2 Å². The van der Waals surface area contributed by atoms with Gasteiger partial charge in [0.15, 0.2) is 6.29 Å². The van der Waals surface area contributed by atoms with E-state index < -0.39 is 16.0 Å². The molecule has 0 aliphatic carbocycles. The van der Waals surface area contributed by atoms with Crippen molar-refractivity contribution in [3.63, 3.8) is 0 Å². The minimum atomic E-state index is -2.00. The van der Waals surface area contributed by atoms with Crippen molar-refractivity contribution in [3.8, 4) is 0 Å². The lowest BCUT2D eigenvalue weighted by Crippen LogP contribution is -2.44. The predicted octanol–water partition coefficient (Wildman–Crippen LogP) is 4.04. The third kappa shape index (κ3) is 7.54. The molecule has 3 atom stereocenters. The second-order valence-electron chi connectivity index (χ2n) is 8.69. The average molecular weight is 544 g/mol. The Morgan fingerprint density at radius 3 is 2.23 bits per heavy atom. The molecule has 2 aliphatic heterocycles. The van der Waals surface area contributed by atoms with E-state index in [9.17, 15) is 9.90 Å². The Morgan fingerprint density at radius 2 is 1.60 bits per heavy atom. The van der Waals surface area contributed by atoms with Gasteiger partial charge in [0.1, 0.15) is 0 Å². The molecule has 4 rings (SSSR count). The van der Waals surface area contributed by atoms with Crippen molar-refractivity contribution in [2.24, 2.45) is 0 Å². The van der Waals surface area contributed by atoms with Crippen molar-refractivity contribution in [2.45, 2.75) is 41.9 Å². The molecule has 0 radical (unpaired) electrons. The molecule has 0 aromatic heterocycles. The zero-order chi connectivity index (χ0) is 24.8. The second kappa shape index (κ2) is 12.2. The highest BCUT2D eigenvalue weighted by atomic mass is 35.6. The number of carbonyl (C=O) groups is 1. The number of benzene rings is 2. The Bertz CT molecular complexity index is 963. The van der Waals surface area contributed by atoms with Crippen LogP contribution in [0.1, 0.15) is 41.1 Å². The molecule has 0 bridgehead atoms. The van der Waals surface area contributed by atoms with Gasteiger partial charge in [-0.25, -0.2) is 0 Å². The zero-order valence-electron chi connectivity index (χ0n) is 19.2. The van der Waals surface area contributed by atoms with Crippen LogP contribution >= 0.6 is 34.8 Å². The summed E-state index contributed by atoms with van der Waals surface area (Å²) in [6.07, 6.45) is 0.0310. The number of aliphatic hydroxyl groups is 1. The summed E-state index contributed by atoms with van der Waals surface area (Å²) in [5.74, 6) is -0.675. The predicted molar refractivity (Wildman–Crippen MR) is 134 cm³/mol. The largest absolute Gasteiger partial charge is 0.392 e. The van der Waals surface area contributed by atoms with E-state index >= 15 is 0 Å². The average Bonchev–Trinajstić information content (AvgIpc) is 2.87. The molecule has 2 heterocycles. The van der Waals surface area contributed by atoms with Crippen LogP contribution in [0.4, 0.5) is 0 Å². The maximum atomic E-state index is 11.8. The summed E-state index contributed by atoms with van der Waals surface area (Å²) in [4.78, 5) is 14.2. The van der Waals surface area contributed by atoms with Crippen LogP contribution in [0.25, 0.3) is 0 Å². The monoisotopic (exact) mass is 542 g/mol. The van der Waals surface area contributed by atoms with Gasteiger partial charge in [0.2, 0.25) is 0 Å². The van der Waals surface area contributed by atoms with E-state index in [1.807, 2.05) is 48.5 Å². The summed E-state index contributed by atoms with van der Waals surface area (Å²) >= 11 is 16.8. The van der Waals surface area contributed by atoms with Crippen LogP contribution in [0.5, 0.6) is 0 Å². The van der Waals surface area contributed by atoms with Crippen molar-refractivity contribution in [2.75, 3.05) is 32.8 Å². The van der Waals surface area contributed by atoms with Crippen LogP contribution in [0, 0.1) is 0 Å². The van der Waals surface area contributed by atoms with E-state index in [2.05, 4.69) is 10.2 Å². The molecular formula is C25H29Cl3N2O5. The Balaban J connectivity index is 1.46. The zero-order valence-corrected chi connectivity index (χ0v) is 21.4. The highest BCUT2D eigenvalue weighted by Crippen LogP contribution is 2.38. The molecule has 35 heavy (non-hydrogen) atoms. The molecule has 2 saturated heterocycles. The molecule has 2 aromatic carbocycles. The van der Waals surface area contributed by atoms with E-state index in [0.717, 1.165) is 61.5 Å². The quantitative estimate of drug-likeness (QED) is 0.513. The van der Waals surface area contributed by atoms with E-state index in [0.29, 0.717) is 0 Å². The summed E-state index contributed by atoms with van der Waals surface area (Å²) in [6.45, 7) is 4.27. The fraction of sp³-hybridized carbons (Fsp3) is 0.480. The smallest absolute Gasteiger partial charge is 0.272 e. The number of rotatable bonds is 7. The fourth-order valence-electron chi connectivity index (χ4n) is 4.18. The summed E-state index contributed by atoms with van der Waals surface area (Å²) in [7, 11) is 0. The van der Waals surface area contributed by atoms with Crippen LogP contribution < -0.4 is 5.32 Å². The minimum Gasteiger partial charge on any atom is -0.392 e. The van der Waals surface area contributed by atoms with Gasteiger partial charge in [0, 0.05) is 38.2 Å². The number of ether oxygens (including phenoxy) is 3. The van der Waals surface area contributed by atoms with Gasteiger partial charge < -0.3 is 24.6 Å². The lowest BCUT2D eigenvalue weighted by atomic mass is 9.99. The maximum absolute atomic E-state index is 11.8. The number of nitrogens with zero attached hydrogens (tertiary/aromatic N) is 1. The van der Waals surface area contributed by atoms with Crippen LogP contribution in [0.2, 0.25) is 0 Å². The molecular weight excluding hydrogens is 515 g/mol. The first-order valence-corrected chi connectivity index (χ1v) is 12.7. The molecule has 2 fully saturated rings. The summed E-state index contributed by atoms with van der Waals surface area (Å²) < 4.78 is 16.3. The first-order valence-electron chi connectivity index (χ1n) is 11.6. The van der Waals surface area contributed by atoms with Crippen molar-refractivity contribution >= 4 is 40.7 Å². The maximum Gasteiger partial charge on any atom is 0.272 e. The molecule has 7 nitrogen and oxygen atoms in total. The van der Waals surface area contributed by atoms with Crippen LogP contribution in [0.15, 0.2) is 48.5 Å². The van der Waals surface area contributed by atoms with E-state index in [1.165, 1.54) is 0 Å². The van der Waals surface area contributed by atoms with Gasteiger partial charge in [-0.15, -0.1) is 0 Å². The summed E-state index contributed by atoms with van der Waals surface area (Å²) in [5, 5.41) is 12.0. The Hall–Kier alpha value is -1.42. The number of nitrogens with one attached hydrogen (secondary N) is 1. The molecule has 1 amide bonds. The second-order valence-corrected chi connectivity index (χ2v) is 11.0. The molecule has 2 N–H and O–H groups in total. The van der Waals surface area contributed by atoms with Gasteiger partial charge >= 0.3 is 0 Å². The van der Waals surface area contributed by atoms with E-state index in [1.54, 1.807) is 0 Å². The van der Waals surface area contributed by atoms with Crippen molar-refractivity contribution in [1.29, 1.82) is 0 Å². The van der Waals surface area contributed by atoms with Gasteiger partial charge in [-0.05, 0) is 16.7 Å². The van der Waals surface area contributed by atoms with Crippen LogP contribution in [0.3, 0.4) is 0 Å². The molecule has 0 spiro atoms. The third-order valence-corrected chi connectivity index (χ3v) is 6.66. The van der Waals surface area contributed by atoms with Gasteiger partial charge in [-0.2, -0.15) is 0 Å². The van der Waals surface area contributed by atoms with Gasteiger partial charge in [0.05, 0.1) is 32.0 Å². The first-order chi connectivity index (χ1) is 16.8. The first kappa shape index (κ1) is 26.6. The number of morpholine rings is 1. The van der Waals surface area contributed by atoms with Crippen LogP contribution in [-0.4, -0.2) is 58.7 Å². The molecule has 2 aromatic rings. The Kier molecular flexibility index (Phi) is 9.29. The molecule has 10 heteroatoms. The molecule has 3 unspecified atom stereocenters. The minimum absolute atomic E-state index is 0.00562. The lowest BCUT2D eigenvalue weighted by Gasteiger charge is -2.39. The Labute approximate surface area is 220 Å².